The number of halogens is 1. The molecule has 0 aromatic heterocycles. The Morgan fingerprint density at radius 2 is 1.89 bits per heavy atom. The molecule has 2 aromatic carbocycles. The fraction of sp³-hybridized carbons (Fsp3) is 0.250. The summed E-state index contributed by atoms with van der Waals surface area (Å²) in [5.41, 5.74) is 3.12. The van der Waals surface area contributed by atoms with Gasteiger partial charge in [-0.25, -0.2) is 0 Å². The minimum Gasteiger partial charge on any atom is -0.389 e. The van der Waals surface area contributed by atoms with Gasteiger partial charge < -0.3 is 10.0 Å². The predicted octanol–water partition coefficient (Wildman–Crippen LogP) is 4.03. The molecule has 0 fully saturated rings. The number of rotatable bonds is 4. The van der Waals surface area contributed by atoms with Crippen LogP contribution in [0.5, 0.6) is 0 Å². The highest BCUT2D eigenvalue weighted by atomic mass is 35.5. The predicted molar refractivity (Wildman–Crippen MR) is 80.6 cm³/mol. The molecular weight excluding hydrogens is 258 g/mol. The first-order valence-corrected chi connectivity index (χ1v) is 6.68. The van der Waals surface area contributed by atoms with Gasteiger partial charge >= 0.3 is 0 Å². The van der Waals surface area contributed by atoms with Gasteiger partial charge in [-0.3, -0.25) is 0 Å². The van der Waals surface area contributed by atoms with Crippen LogP contribution in [0.3, 0.4) is 0 Å². The first kappa shape index (κ1) is 13.9. The van der Waals surface area contributed by atoms with E-state index >= 15 is 0 Å². The quantitative estimate of drug-likeness (QED) is 0.911. The Bertz CT molecular complexity index is 554. The third-order valence-corrected chi connectivity index (χ3v) is 3.34. The largest absolute Gasteiger partial charge is 0.389 e. The van der Waals surface area contributed by atoms with Crippen molar-refractivity contribution in [3.05, 3.63) is 64.7 Å². The minimum atomic E-state index is -0.474. The normalized spacial score (nSPS) is 12.2. The standard InChI is InChI=1S/C16H18ClNO/c1-12(19)15-8-3-4-9-16(15)18(2)11-13-6-5-7-14(17)10-13/h3-10,12,19H,11H2,1-2H3/t12-/m1/s1. The summed E-state index contributed by atoms with van der Waals surface area (Å²) >= 11 is 6.00. The molecule has 2 rings (SSSR count). The molecule has 0 amide bonds. The molecule has 0 radical (unpaired) electrons. The van der Waals surface area contributed by atoms with E-state index in [1.165, 1.54) is 0 Å². The number of nitrogens with zero attached hydrogens (tertiary/aromatic N) is 1. The molecule has 1 N–H and O–H groups in total. The molecule has 19 heavy (non-hydrogen) atoms. The summed E-state index contributed by atoms with van der Waals surface area (Å²) in [5, 5.41) is 10.6. The molecule has 0 saturated heterocycles. The van der Waals surface area contributed by atoms with E-state index in [2.05, 4.69) is 4.90 Å². The number of benzene rings is 2. The van der Waals surface area contributed by atoms with E-state index in [0.29, 0.717) is 0 Å². The third kappa shape index (κ3) is 3.49. The lowest BCUT2D eigenvalue weighted by molar-refractivity contribution is 0.199. The van der Waals surface area contributed by atoms with Crippen molar-refractivity contribution in [2.45, 2.75) is 19.6 Å². The van der Waals surface area contributed by atoms with Crippen LogP contribution < -0.4 is 4.90 Å². The molecule has 100 valence electrons. The van der Waals surface area contributed by atoms with E-state index in [4.69, 9.17) is 11.6 Å². The number of hydrogen-bond acceptors (Lipinski definition) is 2. The highest BCUT2D eigenvalue weighted by Crippen LogP contribution is 2.26. The van der Waals surface area contributed by atoms with Gasteiger partial charge in [0.05, 0.1) is 6.10 Å². The zero-order valence-corrected chi connectivity index (χ0v) is 11.9. The summed E-state index contributed by atoms with van der Waals surface area (Å²) in [6.07, 6.45) is -0.474. The number of para-hydroxylation sites is 1. The number of hydrogen-bond donors (Lipinski definition) is 1. The third-order valence-electron chi connectivity index (χ3n) is 3.11. The molecule has 0 heterocycles. The average molecular weight is 276 g/mol. The number of anilines is 1. The maximum atomic E-state index is 9.82. The first-order chi connectivity index (χ1) is 9.08. The van der Waals surface area contributed by atoms with Crippen molar-refractivity contribution < 1.29 is 5.11 Å². The van der Waals surface area contributed by atoms with Gasteiger partial charge in [0.1, 0.15) is 0 Å². The van der Waals surface area contributed by atoms with Gasteiger partial charge in [-0.2, -0.15) is 0 Å². The van der Waals surface area contributed by atoms with Gasteiger partial charge in [-0.05, 0) is 30.7 Å². The second-order valence-corrected chi connectivity index (χ2v) is 5.16. The van der Waals surface area contributed by atoms with Crippen molar-refractivity contribution in [2.75, 3.05) is 11.9 Å². The maximum absolute atomic E-state index is 9.82. The Balaban J connectivity index is 2.23. The molecule has 0 spiro atoms. The lowest BCUT2D eigenvalue weighted by Gasteiger charge is -2.23. The monoisotopic (exact) mass is 275 g/mol. The highest BCUT2D eigenvalue weighted by molar-refractivity contribution is 6.30. The van der Waals surface area contributed by atoms with Gasteiger partial charge in [-0.1, -0.05) is 41.9 Å². The topological polar surface area (TPSA) is 23.5 Å². The van der Waals surface area contributed by atoms with Crippen LogP contribution in [0.25, 0.3) is 0 Å². The molecule has 3 heteroatoms. The second kappa shape index (κ2) is 6.09. The summed E-state index contributed by atoms with van der Waals surface area (Å²) in [4.78, 5) is 2.12. The maximum Gasteiger partial charge on any atom is 0.0781 e. The SMILES string of the molecule is C[C@@H](O)c1ccccc1N(C)Cc1cccc(Cl)c1. The zero-order chi connectivity index (χ0) is 13.8. The Morgan fingerprint density at radius 1 is 1.16 bits per heavy atom. The first-order valence-electron chi connectivity index (χ1n) is 6.30. The van der Waals surface area contributed by atoms with Crippen molar-refractivity contribution in [1.29, 1.82) is 0 Å². The summed E-state index contributed by atoms with van der Waals surface area (Å²) in [6, 6.07) is 15.7. The zero-order valence-electron chi connectivity index (χ0n) is 11.2. The second-order valence-electron chi connectivity index (χ2n) is 4.72. The molecule has 2 aromatic rings. The molecule has 0 aliphatic carbocycles. The van der Waals surface area contributed by atoms with E-state index in [-0.39, 0.29) is 0 Å². The number of aliphatic hydroxyl groups excluding tert-OH is 1. The lowest BCUT2D eigenvalue weighted by Crippen LogP contribution is -2.18. The van der Waals surface area contributed by atoms with Gasteiger partial charge in [-0.15, -0.1) is 0 Å². The minimum absolute atomic E-state index is 0.474. The summed E-state index contributed by atoms with van der Waals surface area (Å²) < 4.78 is 0. The van der Waals surface area contributed by atoms with Crippen LogP contribution >= 0.6 is 11.6 Å². The highest BCUT2D eigenvalue weighted by Gasteiger charge is 2.11. The van der Waals surface area contributed by atoms with Crippen molar-refractivity contribution in [3.8, 4) is 0 Å². The van der Waals surface area contributed by atoms with Crippen molar-refractivity contribution in [2.24, 2.45) is 0 Å². The average Bonchev–Trinajstić information content (AvgIpc) is 2.38. The van der Waals surface area contributed by atoms with Crippen LogP contribution in [0.2, 0.25) is 5.02 Å². The summed E-state index contributed by atoms with van der Waals surface area (Å²) in [7, 11) is 2.02. The van der Waals surface area contributed by atoms with Crippen LogP contribution in [-0.4, -0.2) is 12.2 Å². The molecule has 0 saturated carbocycles. The Kier molecular flexibility index (Phi) is 4.46. The lowest BCUT2D eigenvalue weighted by atomic mass is 10.1. The van der Waals surface area contributed by atoms with E-state index in [1.807, 2.05) is 55.6 Å². The van der Waals surface area contributed by atoms with Crippen molar-refractivity contribution in [1.82, 2.24) is 0 Å². The fourth-order valence-corrected chi connectivity index (χ4v) is 2.40. The molecular formula is C16H18ClNO. The van der Waals surface area contributed by atoms with Crippen LogP contribution in [-0.2, 0) is 6.54 Å². The van der Waals surface area contributed by atoms with Crippen LogP contribution in [0.1, 0.15) is 24.2 Å². The van der Waals surface area contributed by atoms with E-state index in [9.17, 15) is 5.11 Å². The number of aliphatic hydroxyl groups is 1. The van der Waals surface area contributed by atoms with Gasteiger partial charge in [0.25, 0.3) is 0 Å². The van der Waals surface area contributed by atoms with E-state index < -0.39 is 6.10 Å². The van der Waals surface area contributed by atoms with E-state index in [0.717, 1.165) is 28.4 Å². The molecule has 0 aliphatic rings. The van der Waals surface area contributed by atoms with Crippen molar-refractivity contribution in [3.63, 3.8) is 0 Å². The molecule has 1 atom stereocenters. The Hall–Kier alpha value is -1.51. The van der Waals surface area contributed by atoms with Crippen LogP contribution in [0, 0.1) is 0 Å². The molecule has 0 bridgehead atoms. The van der Waals surface area contributed by atoms with Crippen LogP contribution in [0.4, 0.5) is 5.69 Å². The van der Waals surface area contributed by atoms with Crippen molar-refractivity contribution >= 4 is 17.3 Å². The van der Waals surface area contributed by atoms with Gasteiger partial charge in [0.2, 0.25) is 0 Å². The summed E-state index contributed by atoms with van der Waals surface area (Å²) in [5.74, 6) is 0. The van der Waals surface area contributed by atoms with E-state index in [1.54, 1.807) is 6.92 Å². The summed E-state index contributed by atoms with van der Waals surface area (Å²) in [6.45, 7) is 2.54. The van der Waals surface area contributed by atoms with Crippen LogP contribution in [0.15, 0.2) is 48.5 Å². The fourth-order valence-electron chi connectivity index (χ4n) is 2.18. The Morgan fingerprint density at radius 3 is 2.58 bits per heavy atom. The smallest absolute Gasteiger partial charge is 0.0781 e. The Labute approximate surface area is 119 Å². The van der Waals surface area contributed by atoms with Gasteiger partial charge in [0.15, 0.2) is 0 Å². The van der Waals surface area contributed by atoms with Gasteiger partial charge in [0, 0.05) is 29.9 Å². The molecule has 2 nitrogen and oxygen atoms in total. The molecule has 0 aliphatic heterocycles. The molecule has 0 unspecified atom stereocenters.